The van der Waals surface area contributed by atoms with Crippen LogP contribution in [0.25, 0.3) is 11.0 Å². The minimum Gasteiger partial charge on any atom is -0.388 e. The molecule has 0 aliphatic rings. The minimum absolute atomic E-state index is 0.116. The number of nitrogens with zero attached hydrogens (tertiary/aromatic N) is 1. The van der Waals surface area contributed by atoms with Gasteiger partial charge in [-0.3, -0.25) is 4.79 Å². The lowest BCUT2D eigenvalue weighted by molar-refractivity contribution is -0.122. The normalized spacial score (nSPS) is 15.6. The fraction of sp³-hybridized carbons (Fsp3) is 0.500. The maximum absolute atomic E-state index is 12.0. The molecular weight excluding hydrogens is 268 g/mol. The third kappa shape index (κ3) is 3.61. The molecule has 21 heavy (non-hydrogen) atoms. The summed E-state index contributed by atoms with van der Waals surface area (Å²) in [6.45, 7) is 5.96. The molecule has 0 saturated heterocycles. The van der Waals surface area contributed by atoms with Gasteiger partial charge in [0.15, 0.2) is 5.58 Å². The molecule has 2 unspecified atom stereocenters. The molecule has 114 valence electrons. The molecule has 1 aromatic heterocycles. The molecular formula is C16H22N2O3. The number of carbonyl (C=O) groups excluding carboxylic acids is 1. The van der Waals surface area contributed by atoms with Crippen molar-refractivity contribution in [3.63, 3.8) is 0 Å². The van der Waals surface area contributed by atoms with Crippen molar-refractivity contribution in [1.29, 1.82) is 0 Å². The van der Waals surface area contributed by atoms with Crippen LogP contribution in [0.15, 0.2) is 28.8 Å². The van der Waals surface area contributed by atoms with E-state index in [-0.39, 0.29) is 24.8 Å². The molecule has 1 heterocycles. The van der Waals surface area contributed by atoms with Crippen molar-refractivity contribution in [1.82, 2.24) is 10.5 Å². The fourth-order valence-electron chi connectivity index (χ4n) is 2.17. The lowest BCUT2D eigenvalue weighted by Gasteiger charge is -2.29. The predicted molar refractivity (Wildman–Crippen MR) is 80.8 cm³/mol. The second-order valence-corrected chi connectivity index (χ2v) is 5.75. The maximum atomic E-state index is 12.0. The van der Waals surface area contributed by atoms with Crippen LogP contribution >= 0.6 is 0 Å². The molecule has 0 aliphatic heterocycles. The molecule has 5 nitrogen and oxygen atoms in total. The summed E-state index contributed by atoms with van der Waals surface area (Å²) >= 11 is 0. The highest BCUT2D eigenvalue weighted by Crippen LogP contribution is 2.20. The van der Waals surface area contributed by atoms with E-state index in [0.29, 0.717) is 11.3 Å². The first-order valence-electron chi connectivity index (χ1n) is 7.26. The van der Waals surface area contributed by atoms with Crippen molar-refractivity contribution in [3.05, 3.63) is 30.0 Å². The third-order valence-corrected chi connectivity index (χ3v) is 4.10. The van der Waals surface area contributed by atoms with Crippen molar-refractivity contribution in [2.45, 2.75) is 39.2 Å². The van der Waals surface area contributed by atoms with Crippen LogP contribution in [-0.2, 0) is 11.2 Å². The molecule has 0 saturated carbocycles. The Morgan fingerprint density at radius 2 is 2.19 bits per heavy atom. The number of aromatic nitrogens is 1. The van der Waals surface area contributed by atoms with Crippen LogP contribution in [0.5, 0.6) is 0 Å². The zero-order valence-corrected chi connectivity index (χ0v) is 12.7. The van der Waals surface area contributed by atoms with Gasteiger partial charge in [0.05, 0.1) is 12.0 Å². The Morgan fingerprint density at radius 1 is 1.48 bits per heavy atom. The number of rotatable bonds is 6. The van der Waals surface area contributed by atoms with E-state index in [1.165, 1.54) is 0 Å². The first-order chi connectivity index (χ1) is 9.94. The van der Waals surface area contributed by atoms with Crippen LogP contribution in [0.3, 0.4) is 0 Å². The van der Waals surface area contributed by atoms with Crippen molar-refractivity contribution in [2.24, 2.45) is 5.92 Å². The van der Waals surface area contributed by atoms with Crippen LogP contribution in [-0.4, -0.2) is 28.3 Å². The molecule has 2 rings (SSSR count). The predicted octanol–water partition coefficient (Wildman–Crippen LogP) is 2.28. The van der Waals surface area contributed by atoms with E-state index in [2.05, 4.69) is 10.5 Å². The molecule has 2 N–H and O–H groups in total. The number of carbonyl (C=O) groups is 1. The van der Waals surface area contributed by atoms with Crippen molar-refractivity contribution >= 4 is 16.9 Å². The van der Waals surface area contributed by atoms with Gasteiger partial charge < -0.3 is 14.9 Å². The minimum atomic E-state index is -0.906. The van der Waals surface area contributed by atoms with Gasteiger partial charge in [-0.1, -0.05) is 37.6 Å². The first kappa shape index (κ1) is 15.5. The van der Waals surface area contributed by atoms with E-state index in [0.717, 1.165) is 11.8 Å². The Kier molecular flexibility index (Phi) is 4.63. The SMILES string of the molecule is CCC(C)C(C)(O)CNC(=O)Cc1noc2ccccc12. The van der Waals surface area contributed by atoms with Crippen molar-refractivity contribution < 1.29 is 14.4 Å². The van der Waals surface area contributed by atoms with Crippen LogP contribution in [0.4, 0.5) is 0 Å². The lowest BCUT2D eigenvalue weighted by Crippen LogP contribution is -2.45. The standard InChI is InChI=1S/C16H22N2O3/c1-4-11(2)16(3,20)10-17-15(19)9-13-12-7-5-6-8-14(12)21-18-13/h5-8,11,20H,4,9-10H2,1-3H3,(H,17,19). The molecule has 0 radical (unpaired) electrons. The van der Waals surface area contributed by atoms with Crippen LogP contribution < -0.4 is 5.32 Å². The average Bonchev–Trinajstić information content (AvgIpc) is 2.88. The number of nitrogens with one attached hydrogen (secondary N) is 1. The number of amides is 1. The Bertz CT molecular complexity index is 619. The second kappa shape index (κ2) is 6.26. The molecule has 2 atom stereocenters. The number of hydrogen-bond donors (Lipinski definition) is 2. The molecule has 1 aromatic carbocycles. The Morgan fingerprint density at radius 3 is 2.90 bits per heavy atom. The number of aliphatic hydroxyl groups is 1. The number of benzene rings is 1. The fourth-order valence-corrected chi connectivity index (χ4v) is 2.17. The van der Waals surface area contributed by atoms with Gasteiger partial charge in [-0.15, -0.1) is 0 Å². The number of hydrogen-bond acceptors (Lipinski definition) is 4. The zero-order chi connectivity index (χ0) is 15.5. The summed E-state index contributed by atoms with van der Waals surface area (Å²) in [5, 5.41) is 17.8. The topological polar surface area (TPSA) is 75.4 Å². The van der Waals surface area contributed by atoms with Gasteiger partial charge in [-0.05, 0) is 25.0 Å². The first-order valence-corrected chi connectivity index (χ1v) is 7.26. The molecule has 5 heteroatoms. The lowest BCUT2D eigenvalue weighted by atomic mass is 9.88. The van der Waals surface area contributed by atoms with Crippen molar-refractivity contribution in [3.8, 4) is 0 Å². The van der Waals surface area contributed by atoms with E-state index in [1.807, 2.05) is 38.1 Å². The van der Waals surface area contributed by atoms with E-state index in [1.54, 1.807) is 6.92 Å². The van der Waals surface area contributed by atoms with E-state index < -0.39 is 5.60 Å². The largest absolute Gasteiger partial charge is 0.388 e. The molecule has 1 amide bonds. The third-order valence-electron chi connectivity index (χ3n) is 4.10. The van der Waals surface area contributed by atoms with Gasteiger partial charge in [0.25, 0.3) is 0 Å². The summed E-state index contributed by atoms with van der Waals surface area (Å²) in [4.78, 5) is 12.0. The average molecular weight is 290 g/mol. The maximum Gasteiger partial charge on any atom is 0.226 e. The van der Waals surface area contributed by atoms with Gasteiger partial charge >= 0.3 is 0 Å². The highest BCUT2D eigenvalue weighted by Gasteiger charge is 2.27. The van der Waals surface area contributed by atoms with Gasteiger partial charge in [0.2, 0.25) is 5.91 Å². The quantitative estimate of drug-likeness (QED) is 0.856. The molecule has 0 bridgehead atoms. The zero-order valence-electron chi connectivity index (χ0n) is 12.7. The highest BCUT2D eigenvalue weighted by atomic mass is 16.5. The Hall–Kier alpha value is -1.88. The van der Waals surface area contributed by atoms with Crippen molar-refractivity contribution in [2.75, 3.05) is 6.54 Å². The number of para-hydroxylation sites is 1. The van der Waals surface area contributed by atoms with Crippen LogP contribution in [0.2, 0.25) is 0 Å². The highest BCUT2D eigenvalue weighted by molar-refractivity contribution is 5.86. The van der Waals surface area contributed by atoms with E-state index in [4.69, 9.17) is 4.52 Å². The smallest absolute Gasteiger partial charge is 0.226 e. The molecule has 2 aromatic rings. The second-order valence-electron chi connectivity index (χ2n) is 5.75. The molecule has 0 aliphatic carbocycles. The summed E-state index contributed by atoms with van der Waals surface area (Å²) < 4.78 is 5.17. The Labute approximate surface area is 124 Å². The van der Waals surface area contributed by atoms with Crippen LogP contribution in [0.1, 0.15) is 32.9 Å². The van der Waals surface area contributed by atoms with Gasteiger partial charge in [-0.25, -0.2) is 0 Å². The summed E-state index contributed by atoms with van der Waals surface area (Å²) in [5.74, 6) is -0.0525. The molecule has 0 spiro atoms. The molecule has 0 fully saturated rings. The van der Waals surface area contributed by atoms with Gasteiger partial charge in [0, 0.05) is 11.9 Å². The van der Waals surface area contributed by atoms with E-state index in [9.17, 15) is 9.90 Å². The monoisotopic (exact) mass is 290 g/mol. The van der Waals surface area contributed by atoms with Gasteiger partial charge in [0.1, 0.15) is 5.69 Å². The summed E-state index contributed by atoms with van der Waals surface area (Å²) in [6.07, 6.45) is 1.00. The number of fused-ring (bicyclic) bond motifs is 1. The summed E-state index contributed by atoms with van der Waals surface area (Å²) in [5.41, 5.74) is 0.384. The van der Waals surface area contributed by atoms with E-state index >= 15 is 0 Å². The van der Waals surface area contributed by atoms with Gasteiger partial charge in [-0.2, -0.15) is 0 Å². The Balaban J connectivity index is 1.96. The summed E-state index contributed by atoms with van der Waals surface area (Å²) in [7, 11) is 0. The van der Waals surface area contributed by atoms with Crippen LogP contribution in [0, 0.1) is 5.92 Å². The summed E-state index contributed by atoms with van der Waals surface area (Å²) in [6, 6.07) is 7.44.